The van der Waals surface area contributed by atoms with Crippen molar-refractivity contribution in [2.45, 2.75) is 40.0 Å². The minimum absolute atomic E-state index is 0.163. The van der Waals surface area contributed by atoms with Gasteiger partial charge in [-0.05, 0) is 12.3 Å². The highest BCUT2D eigenvalue weighted by atomic mass is 16.6. The first-order chi connectivity index (χ1) is 9.66. The summed E-state index contributed by atoms with van der Waals surface area (Å²) in [5, 5.41) is 0. The highest BCUT2D eigenvalue weighted by molar-refractivity contribution is 5.69. The van der Waals surface area contributed by atoms with Gasteiger partial charge in [0.15, 0.2) is 0 Å². The molecule has 0 saturated heterocycles. The quantitative estimate of drug-likeness (QED) is 0.363. The van der Waals surface area contributed by atoms with Crippen molar-refractivity contribution in [2.24, 2.45) is 5.92 Å². The van der Waals surface area contributed by atoms with Crippen LogP contribution in [0.5, 0.6) is 0 Å². The molecule has 0 aliphatic carbocycles. The van der Waals surface area contributed by atoms with Gasteiger partial charge in [-0.15, -0.1) is 0 Å². The van der Waals surface area contributed by atoms with Gasteiger partial charge in [0.2, 0.25) is 0 Å². The second kappa shape index (κ2) is 14.8. The average molecular weight is 290 g/mol. The number of hydrogen-bond donors (Lipinski definition) is 0. The molecule has 0 saturated carbocycles. The first-order valence-electron chi connectivity index (χ1n) is 7.55. The number of rotatable bonds is 14. The summed E-state index contributed by atoms with van der Waals surface area (Å²) in [4.78, 5) is 11.2. The Hall–Kier alpha value is -0.650. The minimum atomic E-state index is -0.163. The SMILES string of the molecule is CCCCOCCOCCOCCOC(=O)CC(C)C. The summed E-state index contributed by atoms with van der Waals surface area (Å²) in [5.41, 5.74) is 0. The van der Waals surface area contributed by atoms with Gasteiger partial charge in [-0.2, -0.15) is 0 Å². The maximum absolute atomic E-state index is 11.2. The molecule has 0 aromatic heterocycles. The van der Waals surface area contributed by atoms with E-state index in [1.807, 2.05) is 13.8 Å². The fraction of sp³-hybridized carbons (Fsp3) is 0.933. The fourth-order valence-electron chi connectivity index (χ4n) is 1.39. The van der Waals surface area contributed by atoms with Crippen LogP contribution in [0.25, 0.3) is 0 Å². The fourth-order valence-corrected chi connectivity index (χ4v) is 1.39. The van der Waals surface area contributed by atoms with Crippen LogP contribution in [-0.4, -0.2) is 52.2 Å². The van der Waals surface area contributed by atoms with Crippen molar-refractivity contribution in [3.8, 4) is 0 Å². The number of hydrogen-bond acceptors (Lipinski definition) is 5. The standard InChI is InChI=1S/C15H30O5/c1-4-5-6-17-7-8-18-9-10-19-11-12-20-15(16)13-14(2)3/h14H,4-13H2,1-3H3. The Labute approximate surface area is 122 Å². The molecule has 0 aliphatic rings. The maximum Gasteiger partial charge on any atom is 0.306 e. The summed E-state index contributed by atoms with van der Waals surface area (Å²) >= 11 is 0. The summed E-state index contributed by atoms with van der Waals surface area (Å²) in [6, 6.07) is 0. The van der Waals surface area contributed by atoms with Crippen LogP contribution in [0, 0.1) is 5.92 Å². The molecule has 0 radical (unpaired) electrons. The Morgan fingerprint density at radius 1 is 0.850 bits per heavy atom. The van der Waals surface area contributed by atoms with Crippen molar-refractivity contribution in [1.82, 2.24) is 0 Å². The third-order valence-electron chi connectivity index (χ3n) is 2.45. The van der Waals surface area contributed by atoms with Gasteiger partial charge in [-0.3, -0.25) is 4.79 Å². The minimum Gasteiger partial charge on any atom is -0.463 e. The van der Waals surface area contributed by atoms with E-state index in [0.29, 0.717) is 52.0 Å². The largest absolute Gasteiger partial charge is 0.463 e. The third kappa shape index (κ3) is 15.4. The molecule has 0 spiro atoms. The van der Waals surface area contributed by atoms with Crippen molar-refractivity contribution < 1.29 is 23.7 Å². The van der Waals surface area contributed by atoms with Crippen LogP contribution in [0.4, 0.5) is 0 Å². The van der Waals surface area contributed by atoms with Crippen LogP contribution < -0.4 is 0 Å². The molecule has 0 aromatic rings. The maximum atomic E-state index is 11.2. The number of ether oxygens (including phenoxy) is 4. The number of carbonyl (C=O) groups excluding carboxylic acids is 1. The summed E-state index contributed by atoms with van der Waals surface area (Å²) in [6.45, 7) is 9.92. The van der Waals surface area contributed by atoms with Gasteiger partial charge in [0.1, 0.15) is 6.61 Å². The van der Waals surface area contributed by atoms with E-state index in [-0.39, 0.29) is 5.97 Å². The lowest BCUT2D eigenvalue weighted by Crippen LogP contribution is -2.14. The van der Waals surface area contributed by atoms with E-state index in [2.05, 4.69) is 6.92 Å². The van der Waals surface area contributed by atoms with E-state index in [1.165, 1.54) is 0 Å². The predicted molar refractivity (Wildman–Crippen MR) is 77.8 cm³/mol. The second-order valence-electron chi connectivity index (χ2n) is 5.01. The number of esters is 1. The van der Waals surface area contributed by atoms with Crippen LogP contribution in [0.1, 0.15) is 40.0 Å². The average Bonchev–Trinajstić information content (AvgIpc) is 2.39. The Balaban J connectivity index is 3.08. The van der Waals surface area contributed by atoms with Gasteiger partial charge in [0.25, 0.3) is 0 Å². The van der Waals surface area contributed by atoms with E-state index in [1.54, 1.807) is 0 Å². The molecule has 0 aromatic carbocycles. The van der Waals surface area contributed by atoms with E-state index < -0.39 is 0 Å². The van der Waals surface area contributed by atoms with E-state index in [9.17, 15) is 4.79 Å². The zero-order chi connectivity index (χ0) is 15.1. The Kier molecular flexibility index (Phi) is 14.3. The molecule has 5 nitrogen and oxygen atoms in total. The lowest BCUT2D eigenvalue weighted by molar-refractivity contribution is -0.146. The number of unbranched alkanes of at least 4 members (excludes halogenated alkanes) is 1. The third-order valence-corrected chi connectivity index (χ3v) is 2.45. The van der Waals surface area contributed by atoms with Gasteiger partial charge in [0, 0.05) is 13.0 Å². The van der Waals surface area contributed by atoms with Crippen LogP contribution in [-0.2, 0) is 23.7 Å². The predicted octanol–water partition coefficient (Wildman–Crippen LogP) is 2.43. The Morgan fingerprint density at radius 3 is 1.85 bits per heavy atom. The van der Waals surface area contributed by atoms with Gasteiger partial charge in [-0.25, -0.2) is 0 Å². The van der Waals surface area contributed by atoms with Crippen LogP contribution in [0.3, 0.4) is 0 Å². The monoisotopic (exact) mass is 290 g/mol. The molecule has 0 heterocycles. The second-order valence-corrected chi connectivity index (χ2v) is 5.01. The summed E-state index contributed by atoms with van der Waals surface area (Å²) in [7, 11) is 0. The highest BCUT2D eigenvalue weighted by Crippen LogP contribution is 2.00. The molecule has 0 amide bonds. The molecule has 20 heavy (non-hydrogen) atoms. The van der Waals surface area contributed by atoms with Crippen molar-refractivity contribution in [3.05, 3.63) is 0 Å². The normalized spacial score (nSPS) is 11.0. The Morgan fingerprint density at radius 2 is 1.35 bits per heavy atom. The topological polar surface area (TPSA) is 54.0 Å². The zero-order valence-electron chi connectivity index (χ0n) is 13.2. The molecule has 0 rings (SSSR count). The molecule has 0 bridgehead atoms. The van der Waals surface area contributed by atoms with E-state index in [4.69, 9.17) is 18.9 Å². The first kappa shape index (κ1) is 19.4. The molecule has 120 valence electrons. The van der Waals surface area contributed by atoms with Crippen molar-refractivity contribution in [2.75, 3.05) is 46.2 Å². The molecule has 0 unspecified atom stereocenters. The number of carbonyl (C=O) groups is 1. The van der Waals surface area contributed by atoms with Crippen molar-refractivity contribution >= 4 is 5.97 Å². The lowest BCUT2D eigenvalue weighted by Gasteiger charge is -2.08. The molecule has 0 atom stereocenters. The van der Waals surface area contributed by atoms with Crippen LogP contribution >= 0.6 is 0 Å². The molecule has 0 fully saturated rings. The molecular weight excluding hydrogens is 260 g/mol. The van der Waals surface area contributed by atoms with Crippen molar-refractivity contribution in [1.29, 1.82) is 0 Å². The van der Waals surface area contributed by atoms with Crippen LogP contribution in [0.15, 0.2) is 0 Å². The smallest absolute Gasteiger partial charge is 0.306 e. The van der Waals surface area contributed by atoms with Gasteiger partial charge in [-0.1, -0.05) is 27.2 Å². The van der Waals surface area contributed by atoms with Crippen LogP contribution in [0.2, 0.25) is 0 Å². The first-order valence-corrected chi connectivity index (χ1v) is 7.55. The molecular formula is C15H30O5. The van der Waals surface area contributed by atoms with E-state index in [0.717, 1.165) is 19.4 Å². The summed E-state index contributed by atoms with van der Waals surface area (Å²) in [6.07, 6.45) is 2.70. The van der Waals surface area contributed by atoms with Gasteiger partial charge >= 0.3 is 5.97 Å². The van der Waals surface area contributed by atoms with E-state index >= 15 is 0 Å². The van der Waals surface area contributed by atoms with Gasteiger partial charge < -0.3 is 18.9 Å². The lowest BCUT2D eigenvalue weighted by atomic mass is 10.1. The van der Waals surface area contributed by atoms with Crippen molar-refractivity contribution in [3.63, 3.8) is 0 Å². The van der Waals surface area contributed by atoms with Gasteiger partial charge in [0.05, 0.1) is 33.0 Å². The zero-order valence-corrected chi connectivity index (χ0v) is 13.2. The summed E-state index contributed by atoms with van der Waals surface area (Å²) in [5.74, 6) is 0.167. The Bertz CT molecular complexity index is 218. The summed E-state index contributed by atoms with van der Waals surface area (Å²) < 4.78 is 21.0. The molecule has 0 N–H and O–H groups in total. The molecule has 5 heteroatoms. The molecule has 0 aliphatic heterocycles. The highest BCUT2D eigenvalue weighted by Gasteiger charge is 2.05.